The molecular weight excluding hydrogens is 367 g/mol. The van der Waals surface area contributed by atoms with Crippen molar-refractivity contribution in [3.8, 4) is 22.6 Å². The van der Waals surface area contributed by atoms with Crippen LogP contribution in [0.4, 0.5) is 4.39 Å². The summed E-state index contributed by atoms with van der Waals surface area (Å²) in [5.74, 6) is 1.05. The Morgan fingerprint density at radius 1 is 0.926 bits per heavy atom. The first kappa shape index (κ1) is 17.5. The lowest BCUT2D eigenvalue weighted by molar-refractivity contribution is 0.174. The molecule has 0 radical (unpaired) electrons. The van der Waals surface area contributed by atoms with Crippen molar-refractivity contribution in [2.24, 2.45) is 0 Å². The molecule has 6 heteroatoms. The zero-order valence-electron chi connectivity index (χ0n) is 14.6. The van der Waals surface area contributed by atoms with Crippen molar-refractivity contribution < 1.29 is 22.3 Å². The first-order valence-electron chi connectivity index (χ1n) is 8.37. The Morgan fingerprint density at radius 3 is 2.19 bits per heavy atom. The Balaban J connectivity index is 1.77. The van der Waals surface area contributed by atoms with Crippen LogP contribution in [-0.2, 0) is 16.3 Å². The number of hydrogen-bond acceptors (Lipinski definition) is 4. The van der Waals surface area contributed by atoms with E-state index in [1.165, 1.54) is 18.4 Å². The Kier molecular flexibility index (Phi) is 4.36. The SMILES string of the molecule is CS(=O)(=O)c1ccc(-c2cc3c(cc2Cc2ccc(F)cc2)OCO3)cc1. The fourth-order valence-corrected chi connectivity index (χ4v) is 3.73. The van der Waals surface area contributed by atoms with E-state index in [0.29, 0.717) is 17.9 Å². The number of rotatable bonds is 4. The van der Waals surface area contributed by atoms with Gasteiger partial charge in [0.2, 0.25) is 6.79 Å². The van der Waals surface area contributed by atoms with Crippen molar-refractivity contribution in [3.63, 3.8) is 0 Å². The van der Waals surface area contributed by atoms with Gasteiger partial charge < -0.3 is 9.47 Å². The quantitative estimate of drug-likeness (QED) is 0.676. The van der Waals surface area contributed by atoms with Gasteiger partial charge in [0.05, 0.1) is 4.90 Å². The number of sulfone groups is 1. The van der Waals surface area contributed by atoms with Crippen molar-refractivity contribution in [3.05, 3.63) is 77.6 Å². The third kappa shape index (κ3) is 3.66. The second-order valence-electron chi connectivity index (χ2n) is 6.46. The highest BCUT2D eigenvalue weighted by molar-refractivity contribution is 7.90. The molecule has 1 aliphatic rings. The summed E-state index contributed by atoms with van der Waals surface area (Å²) in [7, 11) is -3.25. The van der Waals surface area contributed by atoms with Crippen LogP contribution in [0.1, 0.15) is 11.1 Å². The molecule has 138 valence electrons. The van der Waals surface area contributed by atoms with Crippen molar-refractivity contribution in [1.82, 2.24) is 0 Å². The van der Waals surface area contributed by atoms with Gasteiger partial charge in [0, 0.05) is 6.26 Å². The predicted molar refractivity (Wildman–Crippen MR) is 100 cm³/mol. The van der Waals surface area contributed by atoms with E-state index >= 15 is 0 Å². The molecule has 0 unspecified atom stereocenters. The summed E-state index contributed by atoms with van der Waals surface area (Å²) >= 11 is 0. The lowest BCUT2D eigenvalue weighted by atomic mass is 9.94. The standard InChI is InChI=1S/C21H17FO4S/c1-27(23,24)18-8-4-15(5-9-18)19-12-21-20(25-13-26-21)11-16(19)10-14-2-6-17(22)7-3-14/h2-9,11-12H,10,13H2,1H3. The fraction of sp³-hybridized carbons (Fsp3) is 0.143. The fourth-order valence-electron chi connectivity index (χ4n) is 3.10. The van der Waals surface area contributed by atoms with Crippen LogP contribution >= 0.6 is 0 Å². The third-order valence-corrected chi connectivity index (χ3v) is 5.63. The smallest absolute Gasteiger partial charge is 0.231 e. The summed E-state index contributed by atoms with van der Waals surface area (Å²) in [5.41, 5.74) is 3.74. The minimum Gasteiger partial charge on any atom is -0.454 e. The number of hydrogen-bond donors (Lipinski definition) is 0. The Hall–Kier alpha value is -2.86. The largest absolute Gasteiger partial charge is 0.454 e. The second-order valence-corrected chi connectivity index (χ2v) is 8.48. The van der Waals surface area contributed by atoms with Gasteiger partial charge in [0.15, 0.2) is 21.3 Å². The molecule has 4 nitrogen and oxygen atoms in total. The molecule has 1 aliphatic heterocycles. The predicted octanol–water partition coefficient (Wildman–Crippen LogP) is 4.22. The highest BCUT2D eigenvalue weighted by Crippen LogP contribution is 2.39. The molecule has 1 heterocycles. The molecule has 0 aliphatic carbocycles. The molecule has 0 aromatic heterocycles. The van der Waals surface area contributed by atoms with Crippen LogP contribution in [0.3, 0.4) is 0 Å². The van der Waals surface area contributed by atoms with Crippen LogP contribution in [0.25, 0.3) is 11.1 Å². The van der Waals surface area contributed by atoms with E-state index in [1.54, 1.807) is 36.4 Å². The summed E-state index contributed by atoms with van der Waals surface area (Å²) in [4.78, 5) is 0.270. The summed E-state index contributed by atoms with van der Waals surface area (Å²) < 4.78 is 47.6. The van der Waals surface area contributed by atoms with Crippen LogP contribution in [0.5, 0.6) is 11.5 Å². The molecule has 0 N–H and O–H groups in total. The first-order chi connectivity index (χ1) is 12.9. The van der Waals surface area contributed by atoms with Gasteiger partial charge in [-0.2, -0.15) is 0 Å². The topological polar surface area (TPSA) is 52.6 Å². The molecule has 0 bridgehead atoms. The summed E-state index contributed by atoms with van der Waals surface area (Å²) in [6.45, 7) is 0.168. The monoisotopic (exact) mass is 384 g/mol. The zero-order valence-corrected chi connectivity index (χ0v) is 15.4. The van der Waals surface area contributed by atoms with Crippen molar-refractivity contribution in [2.45, 2.75) is 11.3 Å². The summed E-state index contributed by atoms with van der Waals surface area (Å²) in [5, 5.41) is 0. The molecular formula is C21H17FO4S. The average Bonchev–Trinajstić information content (AvgIpc) is 3.10. The summed E-state index contributed by atoms with van der Waals surface area (Å²) in [6, 6.07) is 16.9. The maximum Gasteiger partial charge on any atom is 0.231 e. The molecule has 0 saturated heterocycles. The Morgan fingerprint density at radius 2 is 1.56 bits per heavy atom. The van der Waals surface area contributed by atoms with Crippen molar-refractivity contribution in [2.75, 3.05) is 13.0 Å². The lowest BCUT2D eigenvalue weighted by Gasteiger charge is -2.12. The van der Waals surface area contributed by atoms with E-state index in [2.05, 4.69) is 0 Å². The number of benzene rings is 3. The van der Waals surface area contributed by atoms with E-state index in [-0.39, 0.29) is 17.5 Å². The van der Waals surface area contributed by atoms with Gasteiger partial charge in [-0.3, -0.25) is 0 Å². The van der Waals surface area contributed by atoms with E-state index in [4.69, 9.17) is 9.47 Å². The van der Waals surface area contributed by atoms with E-state index in [0.717, 1.165) is 22.3 Å². The molecule has 4 rings (SSSR count). The molecule has 0 atom stereocenters. The Bertz CT molecular complexity index is 1090. The van der Waals surface area contributed by atoms with Crippen LogP contribution < -0.4 is 9.47 Å². The van der Waals surface area contributed by atoms with Crippen LogP contribution in [0.15, 0.2) is 65.6 Å². The van der Waals surface area contributed by atoms with Crippen LogP contribution in [0, 0.1) is 5.82 Å². The van der Waals surface area contributed by atoms with Crippen LogP contribution in [0.2, 0.25) is 0 Å². The first-order valence-corrected chi connectivity index (χ1v) is 10.3. The summed E-state index contributed by atoms with van der Waals surface area (Å²) in [6.07, 6.45) is 1.77. The van der Waals surface area contributed by atoms with Gasteiger partial charge in [-0.05, 0) is 65.1 Å². The maximum absolute atomic E-state index is 13.2. The van der Waals surface area contributed by atoms with Crippen LogP contribution in [-0.4, -0.2) is 21.5 Å². The van der Waals surface area contributed by atoms with Gasteiger partial charge in [-0.25, -0.2) is 12.8 Å². The molecule has 27 heavy (non-hydrogen) atoms. The maximum atomic E-state index is 13.2. The second kappa shape index (κ2) is 6.70. The van der Waals surface area contributed by atoms with E-state index in [1.807, 2.05) is 12.1 Å². The minimum absolute atomic E-state index is 0.168. The van der Waals surface area contributed by atoms with Gasteiger partial charge >= 0.3 is 0 Å². The minimum atomic E-state index is -3.25. The highest BCUT2D eigenvalue weighted by atomic mass is 32.2. The lowest BCUT2D eigenvalue weighted by Crippen LogP contribution is -1.97. The number of fused-ring (bicyclic) bond motifs is 1. The van der Waals surface area contributed by atoms with Gasteiger partial charge in [0.1, 0.15) is 5.82 Å². The average molecular weight is 384 g/mol. The van der Waals surface area contributed by atoms with Crippen molar-refractivity contribution >= 4 is 9.84 Å². The molecule has 0 amide bonds. The normalized spacial score (nSPS) is 13.0. The third-order valence-electron chi connectivity index (χ3n) is 4.50. The van der Waals surface area contributed by atoms with E-state index < -0.39 is 9.84 Å². The molecule has 0 saturated carbocycles. The zero-order chi connectivity index (χ0) is 19.0. The van der Waals surface area contributed by atoms with Crippen molar-refractivity contribution in [1.29, 1.82) is 0 Å². The molecule has 3 aromatic carbocycles. The van der Waals surface area contributed by atoms with Gasteiger partial charge in [0.25, 0.3) is 0 Å². The molecule has 0 spiro atoms. The Labute approximate surface area is 157 Å². The number of halogens is 1. The highest BCUT2D eigenvalue weighted by Gasteiger charge is 2.19. The number of ether oxygens (including phenoxy) is 2. The van der Waals surface area contributed by atoms with Gasteiger partial charge in [-0.1, -0.05) is 24.3 Å². The molecule has 3 aromatic rings. The van der Waals surface area contributed by atoms with Gasteiger partial charge in [-0.15, -0.1) is 0 Å². The van der Waals surface area contributed by atoms with E-state index in [9.17, 15) is 12.8 Å². The molecule has 0 fully saturated rings.